The topological polar surface area (TPSA) is 61.2 Å². The third-order valence-electron chi connectivity index (χ3n) is 3.19. The van der Waals surface area contributed by atoms with Crippen LogP contribution in [0.15, 0.2) is 0 Å². The van der Waals surface area contributed by atoms with Crippen LogP contribution < -0.4 is 0 Å². The SMILES string of the molecule is CC1CCC(N(C)S(=O)(=O)CC#N)CC1. The van der Waals surface area contributed by atoms with Gasteiger partial charge >= 0.3 is 0 Å². The Labute approximate surface area is 91.9 Å². The fraction of sp³-hybridized carbons (Fsp3) is 0.900. The Morgan fingerprint density at radius 3 is 2.33 bits per heavy atom. The quantitative estimate of drug-likeness (QED) is 0.735. The van der Waals surface area contributed by atoms with Crippen molar-refractivity contribution in [3.05, 3.63) is 0 Å². The summed E-state index contributed by atoms with van der Waals surface area (Å²) in [6, 6.07) is 1.80. The zero-order chi connectivity index (χ0) is 11.5. The Morgan fingerprint density at radius 1 is 1.33 bits per heavy atom. The summed E-state index contributed by atoms with van der Waals surface area (Å²) in [7, 11) is -1.76. The molecule has 0 aromatic heterocycles. The van der Waals surface area contributed by atoms with Crippen molar-refractivity contribution in [1.82, 2.24) is 4.31 Å². The summed E-state index contributed by atoms with van der Waals surface area (Å²) in [4.78, 5) is 0. The highest BCUT2D eigenvalue weighted by molar-refractivity contribution is 7.89. The number of nitrogens with zero attached hydrogens (tertiary/aromatic N) is 2. The van der Waals surface area contributed by atoms with Crippen LogP contribution in [-0.2, 0) is 10.0 Å². The molecular weight excluding hydrogens is 212 g/mol. The Morgan fingerprint density at radius 2 is 1.87 bits per heavy atom. The molecular formula is C10H18N2O2S. The first-order valence-corrected chi connectivity index (χ1v) is 6.91. The summed E-state index contributed by atoms with van der Waals surface area (Å²) in [6.07, 6.45) is 4.00. The van der Waals surface area contributed by atoms with Gasteiger partial charge in [-0.25, -0.2) is 12.7 Å². The molecule has 0 bridgehead atoms. The minimum absolute atomic E-state index is 0.0968. The minimum Gasteiger partial charge on any atom is -0.211 e. The number of sulfonamides is 1. The fourth-order valence-corrected chi connectivity index (χ4v) is 3.05. The molecule has 1 aliphatic carbocycles. The van der Waals surface area contributed by atoms with E-state index in [1.165, 1.54) is 4.31 Å². The third-order valence-corrected chi connectivity index (χ3v) is 4.85. The van der Waals surface area contributed by atoms with Crippen LogP contribution in [0.2, 0.25) is 0 Å². The van der Waals surface area contributed by atoms with Crippen LogP contribution in [0, 0.1) is 17.2 Å². The van der Waals surface area contributed by atoms with E-state index in [4.69, 9.17) is 5.26 Å². The van der Waals surface area contributed by atoms with Gasteiger partial charge in [0.25, 0.3) is 0 Å². The molecule has 1 rings (SSSR count). The number of rotatable bonds is 3. The summed E-state index contributed by atoms with van der Waals surface area (Å²) in [5, 5.41) is 8.44. The van der Waals surface area contributed by atoms with Gasteiger partial charge in [0.15, 0.2) is 5.75 Å². The first kappa shape index (κ1) is 12.5. The maximum absolute atomic E-state index is 11.6. The predicted octanol–water partition coefficient (Wildman–Crippen LogP) is 1.35. The maximum Gasteiger partial charge on any atom is 0.227 e. The summed E-state index contributed by atoms with van der Waals surface area (Å²) >= 11 is 0. The molecule has 0 heterocycles. The summed E-state index contributed by atoms with van der Waals surface area (Å²) in [6.45, 7) is 2.19. The van der Waals surface area contributed by atoms with Crippen LogP contribution in [0.5, 0.6) is 0 Å². The van der Waals surface area contributed by atoms with Crippen LogP contribution in [0.1, 0.15) is 32.6 Å². The monoisotopic (exact) mass is 230 g/mol. The fourth-order valence-electron chi connectivity index (χ4n) is 2.02. The summed E-state index contributed by atoms with van der Waals surface area (Å²) < 4.78 is 24.6. The zero-order valence-electron chi connectivity index (χ0n) is 9.31. The first-order chi connectivity index (χ1) is 6.97. The van der Waals surface area contributed by atoms with Crippen LogP contribution in [0.4, 0.5) is 0 Å². The largest absolute Gasteiger partial charge is 0.227 e. The molecule has 0 atom stereocenters. The molecule has 0 unspecified atom stereocenters. The smallest absolute Gasteiger partial charge is 0.211 e. The lowest BCUT2D eigenvalue weighted by Crippen LogP contribution is -2.40. The van der Waals surface area contributed by atoms with Gasteiger partial charge < -0.3 is 0 Å². The Balaban J connectivity index is 2.62. The molecule has 5 heteroatoms. The van der Waals surface area contributed by atoms with E-state index in [-0.39, 0.29) is 6.04 Å². The van der Waals surface area contributed by atoms with E-state index < -0.39 is 15.8 Å². The minimum atomic E-state index is -3.36. The van der Waals surface area contributed by atoms with Crippen molar-refractivity contribution in [2.75, 3.05) is 12.8 Å². The second-order valence-corrected chi connectivity index (χ2v) is 6.37. The lowest BCUT2D eigenvalue weighted by atomic mass is 9.87. The van der Waals surface area contributed by atoms with Crippen LogP contribution >= 0.6 is 0 Å². The summed E-state index contributed by atoms with van der Waals surface area (Å²) in [5.74, 6) is 0.295. The van der Waals surface area contributed by atoms with E-state index in [1.54, 1.807) is 13.1 Å². The second kappa shape index (κ2) is 4.95. The molecule has 0 amide bonds. The molecule has 4 nitrogen and oxygen atoms in total. The molecule has 0 aromatic rings. The highest BCUT2D eigenvalue weighted by Gasteiger charge is 2.28. The number of hydrogen-bond donors (Lipinski definition) is 0. The third kappa shape index (κ3) is 3.18. The Hall–Kier alpha value is -0.600. The first-order valence-electron chi connectivity index (χ1n) is 5.30. The number of hydrogen-bond acceptors (Lipinski definition) is 3. The zero-order valence-corrected chi connectivity index (χ0v) is 10.1. The van der Waals surface area contributed by atoms with E-state index in [9.17, 15) is 8.42 Å². The van der Waals surface area contributed by atoms with Crippen LogP contribution in [0.25, 0.3) is 0 Å². The summed E-state index contributed by atoms with van der Waals surface area (Å²) in [5.41, 5.74) is 0. The van der Waals surface area contributed by atoms with E-state index in [2.05, 4.69) is 6.92 Å². The molecule has 86 valence electrons. The lowest BCUT2D eigenvalue weighted by Gasteiger charge is -2.32. The van der Waals surface area contributed by atoms with E-state index in [0.717, 1.165) is 25.7 Å². The molecule has 0 spiro atoms. The van der Waals surface area contributed by atoms with Crippen molar-refractivity contribution in [2.24, 2.45) is 5.92 Å². The normalized spacial score (nSPS) is 27.6. The molecule has 15 heavy (non-hydrogen) atoms. The maximum atomic E-state index is 11.6. The van der Waals surface area contributed by atoms with E-state index in [0.29, 0.717) is 5.92 Å². The van der Waals surface area contributed by atoms with E-state index in [1.807, 2.05) is 0 Å². The van der Waals surface area contributed by atoms with Gasteiger partial charge in [-0.15, -0.1) is 0 Å². The molecule has 1 saturated carbocycles. The van der Waals surface area contributed by atoms with E-state index >= 15 is 0 Å². The molecule has 0 N–H and O–H groups in total. The molecule has 0 saturated heterocycles. The van der Waals surface area contributed by atoms with Crippen LogP contribution in [0.3, 0.4) is 0 Å². The molecule has 1 fully saturated rings. The highest BCUT2D eigenvalue weighted by Crippen LogP contribution is 2.27. The van der Waals surface area contributed by atoms with Crippen molar-refractivity contribution in [3.63, 3.8) is 0 Å². The average Bonchev–Trinajstić information content (AvgIpc) is 2.18. The van der Waals surface area contributed by atoms with Gasteiger partial charge in [-0.05, 0) is 31.6 Å². The standard InChI is InChI=1S/C10H18N2O2S/c1-9-3-5-10(6-4-9)12(2)15(13,14)8-7-11/h9-10H,3-6,8H2,1-2H3. The molecule has 1 aliphatic rings. The van der Waals surface area contributed by atoms with Gasteiger partial charge in [-0.2, -0.15) is 5.26 Å². The van der Waals surface area contributed by atoms with Crippen LogP contribution in [-0.4, -0.2) is 31.6 Å². The van der Waals surface area contributed by atoms with Crippen molar-refractivity contribution < 1.29 is 8.42 Å². The highest BCUT2D eigenvalue weighted by atomic mass is 32.2. The number of nitriles is 1. The van der Waals surface area contributed by atoms with Crippen molar-refractivity contribution in [1.29, 1.82) is 5.26 Å². The van der Waals surface area contributed by atoms with Gasteiger partial charge in [-0.3, -0.25) is 0 Å². The predicted molar refractivity (Wildman–Crippen MR) is 58.6 cm³/mol. The van der Waals surface area contributed by atoms with Gasteiger partial charge in [0.1, 0.15) is 0 Å². The molecule has 0 radical (unpaired) electrons. The van der Waals surface area contributed by atoms with Gasteiger partial charge in [-0.1, -0.05) is 6.92 Å². The van der Waals surface area contributed by atoms with Gasteiger partial charge in [0.2, 0.25) is 10.0 Å². The molecule has 0 aliphatic heterocycles. The van der Waals surface area contributed by atoms with Crippen molar-refractivity contribution >= 4 is 10.0 Å². The van der Waals surface area contributed by atoms with Crippen molar-refractivity contribution in [3.8, 4) is 6.07 Å². The molecule has 0 aromatic carbocycles. The average molecular weight is 230 g/mol. The Kier molecular flexibility index (Phi) is 4.12. The van der Waals surface area contributed by atoms with Crippen molar-refractivity contribution in [2.45, 2.75) is 38.6 Å². The Bertz CT molecular complexity index is 337. The van der Waals surface area contributed by atoms with Gasteiger partial charge in [0, 0.05) is 13.1 Å². The van der Waals surface area contributed by atoms with Gasteiger partial charge in [0.05, 0.1) is 6.07 Å². The second-order valence-electron chi connectivity index (χ2n) is 4.34. The lowest BCUT2D eigenvalue weighted by molar-refractivity contribution is 0.246.